The fourth-order valence-electron chi connectivity index (χ4n) is 1.87. The number of methoxy groups -OCH3 is 1. The first-order chi connectivity index (χ1) is 12.1. The van der Waals surface area contributed by atoms with Gasteiger partial charge in [0.05, 0.1) is 17.3 Å². The van der Waals surface area contributed by atoms with Crippen molar-refractivity contribution in [2.24, 2.45) is 5.10 Å². The minimum Gasteiger partial charge on any atom is -0.497 e. The minimum atomic E-state index is -0.338. The lowest BCUT2D eigenvalue weighted by atomic mass is 10.2. The van der Waals surface area contributed by atoms with Crippen molar-refractivity contribution in [3.05, 3.63) is 64.6 Å². The number of carbonyl (C=O) groups excluding carboxylic acids is 1. The number of nitrogens with zero attached hydrogens (tertiary/aromatic N) is 1. The lowest BCUT2D eigenvalue weighted by Crippen LogP contribution is -2.25. The van der Waals surface area contributed by atoms with Gasteiger partial charge in [-0.05, 0) is 52.7 Å². The van der Waals surface area contributed by atoms with Crippen LogP contribution in [0.2, 0.25) is 0 Å². The van der Waals surface area contributed by atoms with Crippen molar-refractivity contribution in [2.75, 3.05) is 13.7 Å². The number of hydrazone groups is 1. The lowest BCUT2D eigenvalue weighted by Gasteiger charge is -2.08. The summed E-state index contributed by atoms with van der Waals surface area (Å²) in [5.41, 5.74) is 4.21. The molecule has 0 radical (unpaired) electrons. The molecule has 2 aromatic rings. The highest BCUT2D eigenvalue weighted by molar-refractivity contribution is 9.10. The van der Waals surface area contributed by atoms with Gasteiger partial charge in [0.1, 0.15) is 11.5 Å². The maximum absolute atomic E-state index is 11.8. The van der Waals surface area contributed by atoms with E-state index in [1.165, 1.54) is 0 Å². The van der Waals surface area contributed by atoms with E-state index in [1.54, 1.807) is 32.2 Å². The van der Waals surface area contributed by atoms with Crippen molar-refractivity contribution in [1.29, 1.82) is 0 Å². The van der Waals surface area contributed by atoms with E-state index >= 15 is 0 Å². The third kappa shape index (κ3) is 6.43. The first kappa shape index (κ1) is 18.7. The second-order valence-corrected chi connectivity index (χ2v) is 5.97. The fraction of sp³-hybridized carbons (Fsp3) is 0.158. The van der Waals surface area contributed by atoms with Gasteiger partial charge in [0, 0.05) is 0 Å². The number of halogens is 1. The predicted molar refractivity (Wildman–Crippen MR) is 103 cm³/mol. The Balaban J connectivity index is 1.82. The van der Waals surface area contributed by atoms with Crippen molar-refractivity contribution >= 4 is 33.6 Å². The van der Waals surface area contributed by atoms with Gasteiger partial charge in [-0.3, -0.25) is 4.79 Å². The van der Waals surface area contributed by atoms with E-state index in [-0.39, 0.29) is 12.5 Å². The molecule has 0 saturated carbocycles. The molecule has 0 saturated heterocycles. The van der Waals surface area contributed by atoms with Crippen LogP contribution in [0.3, 0.4) is 0 Å². The molecule has 0 atom stereocenters. The lowest BCUT2D eigenvalue weighted by molar-refractivity contribution is -0.123. The minimum absolute atomic E-state index is 0.135. The third-order valence-corrected chi connectivity index (χ3v) is 3.79. The van der Waals surface area contributed by atoms with Gasteiger partial charge in [-0.2, -0.15) is 5.10 Å². The summed E-state index contributed by atoms with van der Waals surface area (Å²) in [5, 5.41) is 4.02. The number of benzene rings is 2. The Morgan fingerprint density at radius 1 is 1.24 bits per heavy atom. The standard InChI is InChI=1S/C19H19BrN2O3/c1-14(8-9-15-6-4-3-5-7-15)21-22-19(23)13-25-18-11-10-16(24-2)12-17(18)20/h3-12H,13H2,1-2H3,(H,22,23)/b9-8+,21-14+. The van der Waals surface area contributed by atoms with Crippen molar-refractivity contribution in [3.63, 3.8) is 0 Å². The number of rotatable bonds is 7. The van der Waals surface area contributed by atoms with Crippen LogP contribution in [-0.2, 0) is 4.79 Å². The average molecular weight is 403 g/mol. The molecule has 2 rings (SSSR count). The Labute approximate surface area is 155 Å². The van der Waals surface area contributed by atoms with E-state index in [0.717, 1.165) is 5.56 Å². The molecule has 2 aromatic carbocycles. The molecule has 0 aliphatic heterocycles. The molecule has 1 amide bonds. The van der Waals surface area contributed by atoms with E-state index in [1.807, 2.05) is 42.5 Å². The molecule has 5 nitrogen and oxygen atoms in total. The quantitative estimate of drug-likeness (QED) is 0.561. The van der Waals surface area contributed by atoms with Crippen LogP contribution >= 0.6 is 15.9 Å². The van der Waals surface area contributed by atoms with Crippen LogP contribution in [0, 0.1) is 0 Å². The number of hydrogen-bond acceptors (Lipinski definition) is 4. The number of hydrogen-bond donors (Lipinski definition) is 1. The average Bonchev–Trinajstić information content (AvgIpc) is 2.64. The molecular weight excluding hydrogens is 384 g/mol. The fourth-order valence-corrected chi connectivity index (χ4v) is 2.34. The van der Waals surface area contributed by atoms with Crippen molar-refractivity contribution in [2.45, 2.75) is 6.92 Å². The maximum Gasteiger partial charge on any atom is 0.277 e. The largest absolute Gasteiger partial charge is 0.497 e. The van der Waals surface area contributed by atoms with Gasteiger partial charge in [-0.15, -0.1) is 0 Å². The van der Waals surface area contributed by atoms with Crippen LogP contribution in [0.4, 0.5) is 0 Å². The molecule has 0 fully saturated rings. The van der Waals surface area contributed by atoms with Gasteiger partial charge in [0.25, 0.3) is 5.91 Å². The number of amides is 1. The molecule has 1 N–H and O–H groups in total. The monoisotopic (exact) mass is 402 g/mol. The Morgan fingerprint density at radius 2 is 2.00 bits per heavy atom. The van der Waals surface area contributed by atoms with Gasteiger partial charge in [0.15, 0.2) is 6.61 Å². The Kier molecular flexibility index (Phi) is 7.22. The molecule has 0 aliphatic carbocycles. The highest BCUT2D eigenvalue weighted by Crippen LogP contribution is 2.28. The van der Waals surface area contributed by atoms with Crippen LogP contribution in [0.5, 0.6) is 11.5 Å². The van der Waals surface area contributed by atoms with Crippen molar-refractivity contribution < 1.29 is 14.3 Å². The molecule has 0 aliphatic rings. The molecule has 130 valence electrons. The molecular formula is C19H19BrN2O3. The zero-order valence-corrected chi connectivity index (χ0v) is 15.6. The first-order valence-corrected chi connectivity index (χ1v) is 8.40. The number of allylic oxidation sites excluding steroid dienone is 1. The molecule has 25 heavy (non-hydrogen) atoms. The third-order valence-electron chi connectivity index (χ3n) is 3.17. The number of carbonyl (C=O) groups is 1. The molecule has 0 aromatic heterocycles. The molecule has 0 unspecified atom stereocenters. The van der Waals surface area contributed by atoms with Crippen LogP contribution in [0.1, 0.15) is 12.5 Å². The Bertz CT molecular complexity index is 773. The van der Waals surface area contributed by atoms with Gasteiger partial charge in [-0.25, -0.2) is 5.43 Å². The van der Waals surface area contributed by atoms with E-state index < -0.39 is 0 Å². The second kappa shape index (κ2) is 9.64. The van der Waals surface area contributed by atoms with E-state index in [9.17, 15) is 4.79 Å². The number of nitrogens with one attached hydrogen (secondary N) is 1. The normalized spacial score (nSPS) is 11.4. The summed E-state index contributed by atoms with van der Waals surface area (Å²) in [6.07, 6.45) is 3.76. The Hall–Kier alpha value is -2.60. The smallest absolute Gasteiger partial charge is 0.277 e. The predicted octanol–water partition coefficient (Wildman–Crippen LogP) is 4.04. The van der Waals surface area contributed by atoms with Gasteiger partial charge >= 0.3 is 0 Å². The highest BCUT2D eigenvalue weighted by Gasteiger charge is 2.06. The highest BCUT2D eigenvalue weighted by atomic mass is 79.9. The summed E-state index contributed by atoms with van der Waals surface area (Å²) in [5.74, 6) is 0.921. The molecule has 0 heterocycles. The SMILES string of the molecule is COc1ccc(OCC(=O)N/N=C(C)/C=C/c2ccccc2)c(Br)c1. The van der Waals surface area contributed by atoms with E-state index in [4.69, 9.17) is 9.47 Å². The van der Waals surface area contributed by atoms with Crippen LogP contribution in [-0.4, -0.2) is 25.3 Å². The summed E-state index contributed by atoms with van der Waals surface area (Å²) in [4.78, 5) is 11.8. The molecule has 0 bridgehead atoms. The molecule has 6 heteroatoms. The van der Waals surface area contributed by atoms with Gasteiger partial charge in [0.2, 0.25) is 0 Å². The van der Waals surface area contributed by atoms with Crippen LogP contribution in [0.25, 0.3) is 6.08 Å². The first-order valence-electron chi connectivity index (χ1n) is 7.61. The van der Waals surface area contributed by atoms with E-state index in [0.29, 0.717) is 21.7 Å². The summed E-state index contributed by atoms with van der Waals surface area (Å²) in [6.45, 7) is 1.67. The summed E-state index contributed by atoms with van der Waals surface area (Å²) >= 11 is 3.37. The zero-order valence-electron chi connectivity index (χ0n) is 14.0. The summed E-state index contributed by atoms with van der Waals surface area (Å²) in [7, 11) is 1.59. The molecule has 0 spiro atoms. The summed E-state index contributed by atoms with van der Waals surface area (Å²) in [6, 6.07) is 15.1. The van der Waals surface area contributed by atoms with Gasteiger partial charge < -0.3 is 9.47 Å². The van der Waals surface area contributed by atoms with Crippen LogP contribution in [0.15, 0.2) is 64.2 Å². The number of ether oxygens (including phenoxy) is 2. The summed E-state index contributed by atoms with van der Waals surface area (Å²) < 4.78 is 11.3. The van der Waals surface area contributed by atoms with Crippen LogP contribution < -0.4 is 14.9 Å². The van der Waals surface area contributed by atoms with E-state index in [2.05, 4.69) is 26.5 Å². The Morgan fingerprint density at radius 3 is 2.68 bits per heavy atom. The second-order valence-electron chi connectivity index (χ2n) is 5.12. The van der Waals surface area contributed by atoms with Gasteiger partial charge in [-0.1, -0.05) is 36.4 Å². The topological polar surface area (TPSA) is 59.9 Å². The maximum atomic E-state index is 11.8. The van der Waals surface area contributed by atoms with Crippen molar-refractivity contribution in [1.82, 2.24) is 5.43 Å². The zero-order chi connectivity index (χ0) is 18.1. The van der Waals surface area contributed by atoms with Crippen molar-refractivity contribution in [3.8, 4) is 11.5 Å².